The van der Waals surface area contributed by atoms with Gasteiger partial charge in [0.15, 0.2) is 11.3 Å². The lowest BCUT2D eigenvalue weighted by Gasteiger charge is -2.09. The zero-order valence-corrected chi connectivity index (χ0v) is 16.0. The van der Waals surface area contributed by atoms with Crippen molar-refractivity contribution in [1.82, 2.24) is 30.0 Å². The fraction of sp³-hybridized carbons (Fsp3) is 0.190. The number of benzene rings is 1. The quantitative estimate of drug-likeness (QED) is 0.450. The molecular formula is C21H18N6O2. The molecule has 0 bridgehead atoms. The van der Waals surface area contributed by atoms with Crippen molar-refractivity contribution in [3.05, 3.63) is 66.2 Å². The molecular weight excluding hydrogens is 368 g/mol. The molecule has 0 radical (unpaired) electrons. The number of nitrogens with zero attached hydrogens (tertiary/aromatic N) is 6. The maximum absolute atomic E-state index is 6.02. The van der Waals surface area contributed by atoms with Crippen LogP contribution in [0.4, 0.5) is 0 Å². The molecule has 0 amide bonds. The Bertz CT molecular complexity index is 1290. The monoisotopic (exact) mass is 386 g/mol. The highest BCUT2D eigenvalue weighted by molar-refractivity contribution is 5.96. The second kappa shape index (κ2) is 6.97. The lowest BCUT2D eigenvalue weighted by atomic mass is 10.1. The van der Waals surface area contributed by atoms with E-state index in [1.54, 1.807) is 10.7 Å². The standard InChI is InChI=1S/C21H18N6O2/c1-13(2)18-11-17(26-29-18)20-24-23-19-15-8-3-4-9-16(15)21(25-27(19)20)28-12-14-7-5-6-10-22-14/h3-11,13H,12H2,1-2H3. The number of ether oxygens (including phenoxy) is 1. The summed E-state index contributed by atoms with van der Waals surface area (Å²) in [5.41, 5.74) is 2.04. The second-order valence-electron chi connectivity index (χ2n) is 6.99. The molecule has 1 aromatic carbocycles. The number of aromatic nitrogens is 6. The zero-order valence-electron chi connectivity index (χ0n) is 16.0. The largest absolute Gasteiger partial charge is 0.470 e. The highest BCUT2D eigenvalue weighted by atomic mass is 16.5. The van der Waals surface area contributed by atoms with E-state index < -0.39 is 0 Å². The summed E-state index contributed by atoms with van der Waals surface area (Å²) in [4.78, 5) is 4.30. The van der Waals surface area contributed by atoms with Crippen LogP contribution < -0.4 is 4.74 Å². The molecule has 0 saturated heterocycles. The summed E-state index contributed by atoms with van der Waals surface area (Å²) >= 11 is 0. The Morgan fingerprint density at radius 2 is 1.86 bits per heavy atom. The van der Waals surface area contributed by atoms with E-state index in [0.29, 0.717) is 29.7 Å². The van der Waals surface area contributed by atoms with Crippen molar-refractivity contribution >= 4 is 16.4 Å². The van der Waals surface area contributed by atoms with Crippen molar-refractivity contribution in [3.63, 3.8) is 0 Å². The predicted octanol–water partition coefficient (Wildman–Crippen LogP) is 4.03. The molecule has 144 valence electrons. The van der Waals surface area contributed by atoms with Crippen LogP contribution in [0.3, 0.4) is 0 Å². The van der Waals surface area contributed by atoms with Crippen molar-refractivity contribution in [2.24, 2.45) is 0 Å². The fourth-order valence-corrected chi connectivity index (χ4v) is 3.11. The lowest BCUT2D eigenvalue weighted by Crippen LogP contribution is -2.04. The molecule has 5 aromatic rings. The van der Waals surface area contributed by atoms with Gasteiger partial charge in [-0.3, -0.25) is 4.98 Å². The van der Waals surface area contributed by atoms with E-state index in [0.717, 1.165) is 22.2 Å². The van der Waals surface area contributed by atoms with Gasteiger partial charge in [0.25, 0.3) is 0 Å². The third-order valence-electron chi connectivity index (χ3n) is 4.64. The van der Waals surface area contributed by atoms with Crippen LogP contribution in [0.2, 0.25) is 0 Å². The first-order valence-corrected chi connectivity index (χ1v) is 9.34. The van der Waals surface area contributed by atoms with Crippen molar-refractivity contribution in [2.45, 2.75) is 26.4 Å². The van der Waals surface area contributed by atoms with E-state index in [4.69, 9.17) is 9.26 Å². The average molecular weight is 386 g/mol. The van der Waals surface area contributed by atoms with Gasteiger partial charge in [0.2, 0.25) is 11.7 Å². The highest BCUT2D eigenvalue weighted by Gasteiger charge is 2.19. The summed E-state index contributed by atoms with van der Waals surface area (Å²) in [6.45, 7) is 4.39. The van der Waals surface area contributed by atoms with E-state index >= 15 is 0 Å². The first-order valence-electron chi connectivity index (χ1n) is 9.34. The van der Waals surface area contributed by atoms with Gasteiger partial charge < -0.3 is 9.26 Å². The Morgan fingerprint density at radius 1 is 1.03 bits per heavy atom. The SMILES string of the molecule is CC(C)c1cc(-c2nnc3c4ccccc4c(OCc4ccccn4)nn23)no1. The van der Waals surface area contributed by atoms with Gasteiger partial charge in [-0.15, -0.1) is 15.3 Å². The molecule has 0 aliphatic rings. The average Bonchev–Trinajstić information content (AvgIpc) is 3.40. The first kappa shape index (κ1) is 17.3. The molecule has 0 fully saturated rings. The summed E-state index contributed by atoms with van der Waals surface area (Å²) < 4.78 is 13.1. The smallest absolute Gasteiger partial charge is 0.240 e. The topological polar surface area (TPSA) is 91.2 Å². The number of hydrogen-bond acceptors (Lipinski definition) is 7. The summed E-state index contributed by atoms with van der Waals surface area (Å²) in [5, 5.41) is 19.2. The number of fused-ring (bicyclic) bond motifs is 3. The van der Waals surface area contributed by atoms with Gasteiger partial charge in [-0.1, -0.05) is 43.3 Å². The van der Waals surface area contributed by atoms with Gasteiger partial charge in [0.1, 0.15) is 12.4 Å². The van der Waals surface area contributed by atoms with Gasteiger partial charge in [-0.25, -0.2) is 0 Å². The molecule has 0 N–H and O–H groups in total. The maximum atomic E-state index is 6.02. The fourth-order valence-electron chi connectivity index (χ4n) is 3.11. The Labute approximate surface area is 166 Å². The molecule has 0 spiro atoms. The molecule has 5 rings (SSSR count). The summed E-state index contributed by atoms with van der Waals surface area (Å²) in [6, 6.07) is 15.4. The van der Waals surface area contributed by atoms with Crippen LogP contribution in [0.15, 0.2) is 59.3 Å². The van der Waals surface area contributed by atoms with Crippen LogP contribution in [0.5, 0.6) is 5.88 Å². The molecule has 0 unspecified atom stereocenters. The van der Waals surface area contributed by atoms with Crippen LogP contribution in [-0.4, -0.2) is 30.0 Å². The minimum Gasteiger partial charge on any atom is -0.470 e. The zero-order chi connectivity index (χ0) is 19.8. The van der Waals surface area contributed by atoms with E-state index in [1.165, 1.54) is 0 Å². The third-order valence-corrected chi connectivity index (χ3v) is 4.64. The lowest BCUT2D eigenvalue weighted by molar-refractivity contribution is 0.289. The molecule has 0 atom stereocenters. The number of pyridine rings is 1. The Balaban J connectivity index is 1.63. The van der Waals surface area contributed by atoms with E-state index in [-0.39, 0.29) is 5.92 Å². The summed E-state index contributed by atoms with van der Waals surface area (Å²) in [7, 11) is 0. The van der Waals surface area contributed by atoms with Crippen molar-refractivity contribution in [3.8, 4) is 17.4 Å². The molecule has 0 aliphatic heterocycles. The van der Waals surface area contributed by atoms with Crippen LogP contribution >= 0.6 is 0 Å². The van der Waals surface area contributed by atoms with E-state index in [2.05, 4.69) is 25.4 Å². The molecule has 8 heteroatoms. The van der Waals surface area contributed by atoms with Gasteiger partial charge in [-0.2, -0.15) is 4.52 Å². The predicted molar refractivity (Wildman–Crippen MR) is 106 cm³/mol. The minimum absolute atomic E-state index is 0.224. The third kappa shape index (κ3) is 3.08. The molecule has 0 saturated carbocycles. The van der Waals surface area contributed by atoms with Crippen LogP contribution in [-0.2, 0) is 6.61 Å². The van der Waals surface area contributed by atoms with Crippen molar-refractivity contribution in [2.75, 3.05) is 0 Å². The Morgan fingerprint density at radius 3 is 2.62 bits per heavy atom. The van der Waals surface area contributed by atoms with Crippen molar-refractivity contribution < 1.29 is 9.26 Å². The van der Waals surface area contributed by atoms with Crippen molar-refractivity contribution in [1.29, 1.82) is 0 Å². The molecule has 29 heavy (non-hydrogen) atoms. The van der Waals surface area contributed by atoms with Gasteiger partial charge >= 0.3 is 0 Å². The van der Waals surface area contributed by atoms with Crippen LogP contribution in [0, 0.1) is 0 Å². The van der Waals surface area contributed by atoms with E-state index in [1.807, 2.05) is 62.4 Å². The van der Waals surface area contributed by atoms with Gasteiger partial charge in [-0.05, 0) is 18.2 Å². The Hall–Kier alpha value is -3.81. The normalized spacial score (nSPS) is 11.6. The van der Waals surface area contributed by atoms with Gasteiger partial charge in [0.05, 0.1) is 5.69 Å². The van der Waals surface area contributed by atoms with Gasteiger partial charge in [0, 0.05) is 29.0 Å². The molecule has 4 aromatic heterocycles. The Kier molecular flexibility index (Phi) is 4.16. The van der Waals surface area contributed by atoms with Crippen LogP contribution in [0.1, 0.15) is 31.2 Å². The summed E-state index contributed by atoms with van der Waals surface area (Å²) in [6.07, 6.45) is 1.74. The number of hydrogen-bond donors (Lipinski definition) is 0. The minimum atomic E-state index is 0.224. The van der Waals surface area contributed by atoms with Crippen LogP contribution in [0.25, 0.3) is 27.9 Å². The maximum Gasteiger partial charge on any atom is 0.240 e. The second-order valence-corrected chi connectivity index (χ2v) is 6.99. The first-order chi connectivity index (χ1) is 14.2. The highest BCUT2D eigenvalue weighted by Crippen LogP contribution is 2.29. The molecule has 0 aliphatic carbocycles. The number of rotatable bonds is 5. The molecule has 8 nitrogen and oxygen atoms in total. The van der Waals surface area contributed by atoms with E-state index in [9.17, 15) is 0 Å². The molecule has 4 heterocycles. The summed E-state index contributed by atoms with van der Waals surface area (Å²) in [5.74, 6) is 1.99.